The predicted octanol–water partition coefficient (Wildman–Crippen LogP) is 0.863. The number of ether oxygens (including phenoxy) is 4. The van der Waals surface area contributed by atoms with Crippen molar-refractivity contribution in [3.05, 3.63) is 35.0 Å². The first-order valence-corrected chi connectivity index (χ1v) is 10.4. The molecule has 182 valence electrons. The average Bonchev–Trinajstić information content (AvgIpc) is 3.23. The average molecular weight is 472 g/mol. The second-order valence-electron chi connectivity index (χ2n) is 8.35. The number of nitrogens with zero attached hydrogens (tertiary/aromatic N) is 2. The van der Waals surface area contributed by atoms with E-state index in [-0.39, 0.29) is 29.8 Å². The minimum Gasteiger partial charge on any atom is -0.443 e. The van der Waals surface area contributed by atoms with Crippen molar-refractivity contribution >= 4 is 0 Å². The number of hydrogen-bond donors (Lipinski definition) is 4. The minimum atomic E-state index is -3.73. The molecule has 4 rings (SSSR count). The predicted molar refractivity (Wildman–Crippen MR) is 107 cm³/mol. The highest BCUT2D eigenvalue weighted by Crippen LogP contribution is 2.42. The normalized spacial score (nSPS) is 28.4. The summed E-state index contributed by atoms with van der Waals surface area (Å²) in [6.07, 6.45) is -10.8. The Kier molecular flexibility index (Phi) is 6.22. The maximum absolute atomic E-state index is 13.4. The maximum Gasteiger partial charge on any atom is 0.586 e. The van der Waals surface area contributed by atoms with Crippen molar-refractivity contribution < 1.29 is 48.2 Å². The molecule has 0 unspecified atom stereocenters. The van der Waals surface area contributed by atoms with Gasteiger partial charge in [-0.3, -0.25) is 4.68 Å². The summed E-state index contributed by atoms with van der Waals surface area (Å²) < 4.78 is 48.6. The molecule has 33 heavy (non-hydrogen) atoms. The molecule has 2 aromatic rings. The zero-order chi connectivity index (χ0) is 24.1. The molecule has 1 fully saturated rings. The van der Waals surface area contributed by atoms with Gasteiger partial charge in [0.1, 0.15) is 24.4 Å². The Morgan fingerprint density at radius 1 is 1.12 bits per heavy atom. The highest BCUT2D eigenvalue weighted by Gasteiger charge is 2.46. The molecule has 5 atom stereocenters. The summed E-state index contributed by atoms with van der Waals surface area (Å²) in [6.45, 7) is 5.02. The van der Waals surface area contributed by atoms with E-state index in [1.165, 1.54) is 12.1 Å². The molecule has 0 saturated carbocycles. The summed E-state index contributed by atoms with van der Waals surface area (Å²) in [6, 6.07) is 4.37. The Morgan fingerprint density at radius 3 is 2.48 bits per heavy atom. The number of halogens is 2. The number of alkyl halides is 2. The first-order valence-electron chi connectivity index (χ1n) is 10.4. The molecule has 10 nitrogen and oxygen atoms in total. The van der Waals surface area contributed by atoms with Crippen LogP contribution < -0.4 is 14.2 Å². The van der Waals surface area contributed by atoms with Crippen LogP contribution >= 0.6 is 0 Å². The summed E-state index contributed by atoms with van der Waals surface area (Å²) in [4.78, 5) is 0. The Morgan fingerprint density at radius 2 is 1.82 bits per heavy atom. The lowest BCUT2D eigenvalue weighted by atomic mass is 9.99. The number of aromatic nitrogens is 2. The summed E-state index contributed by atoms with van der Waals surface area (Å²) in [5.74, 6) is -0.0764. The van der Waals surface area contributed by atoms with E-state index in [4.69, 9.17) is 9.47 Å². The molecule has 12 heteroatoms. The molecule has 2 aliphatic heterocycles. The van der Waals surface area contributed by atoms with Gasteiger partial charge < -0.3 is 39.4 Å². The Balaban J connectivity index is 1.63. The lowest BCUT2D eigenvalue weighted by molar-refractivity contribution is -0.286. The Hall–Kier alpha value is -2.51. The fraction of sp³-hybridized carbons (Fsp3) is 0.571. The van der Waals surface area contributed by atoms with Gasteiger partial charge in [-0.25, -0.2) is 0 Å². The molecule has 0 aliphatic carbocycles. The molecule has 0 amide bonds. The van der Waals surface area contributed by atoms with Crippen molar-refractivity contribution in [3.63, 3.8) is 0 Å². The number of benzene rings is 1. The number of aliphatic hydroxyl groups is 4. The van der Waals surface area contributed by atoms with E-state index >= 15 is 0 Å². The summed E-state index contributed by atoms with van der Waals surface area (Å²) in [7, 11) is 0. The monoisotopic (exact) mass is 472 g/mol. The molecule has 3 heterocycles. The Bertz CT molecular complexity index is 1010. The van der Waals surface area contributed by atoms with Gasteiger partial charge in [0, 0.05) is 23.7 Å². The van der Waals surface area contributed by atoms with E-state index in [0.29, 0.717) is 11.1 Å². The molecular weight excluding hydrogens is 446 g/mol. The Labute approximate surface area is 187 Å². The van der Waals surface area contributed by atoms with Gasteiger partial charge in [-0.2, -0.15) is 0 Å². The van der Waals surface area contributed by atoms with Gasteiger partial charge in [-0.05, 0) is 38.5 Å². The van der Waals surface area contributed by atoms with Crippen molar-refractivity contribution in [1.82, 2.24) is 9.78 Å². The SMILES string of the molecule is Cc1c(Cc2ccc3c(c2)OC(F)(F)O3)c(O[C@@H]2O[C@H](CO)[C@@H](O)[C@H](O)[C@H]2O)nn1C(C)C. The first kappa shape index (κ1) is 23.6. The van der Waals surface area contributed by atoms with Crippen LogP contribution in [-0.4, -0.2) is 73.8 Å². The third-order valence-corrected chi connectivity index (χ3v) is 5.65. The molecule has 1 aromatic carbocycles. The second-order valence-corrected chi connectivity index (χ2v) is 8.35. The molecule has 2 aliphatic rings. The summed E-state index contributed by atoms with van der Waals surface area (Å²) in [5.41, 5.74) is 1.93. The fourth-order valence-electron chi connectivity index (χ4n) is 3.91. The first-order chi connectivity index (χ1) is 15.5. The van der Waals surface area contributed by atoms with Crippen molar-refractivity contribution in [2.24, 2.45) is 0 Å². The zero-order valence-corrected chi connectivity index (χ0v) is 18.2. The van der Waals surface area contributed by atoms with Crippen LogP contribution in [0.5, 0.6) is 17.4 Å². The molecule has 1 saturated heterocycles. The minimum absolute atomic E-state index is 0.0497. The highest BCUT2D eigenvalue weighted by atomic mass is 19.3. The van der Waals surface area contributed by atoms with Gasteiger partial charge in [0.05, 0.1) is 6.61 Å². The number of aliphatic hydroxyl groups excluding tert-OH is 4. The molecule has 4 N–H and O–H groups in total. The van der Waals surface area contributed by atoms with Crippen LogP contribution in [-0.2, 0) is 11.2 Å². The van der Waals surface area contributed by atoms with Gasteiger partial charge in [-0.15, -0.1) is 13.9 Å². The molecule has 0 radical (unpaired) electrons. The van der Waals surface area contributed by atoms with Crippen LogP contribution in [0.1, 0.15) is 36.7 Å². The fourth-order valence-corrected chi connectivity index (χ4v) is 3.91. The summed E-state index contributed by atoms with van der Waals surface area (Å²) >= 11 is 0. The molecule has 0 bridgehead atoms. The number of hydrogen-bond acceptors (Lipinski definition) is 9. The van der Waals surface area contributed by atoms with Gasteiger partial charge in [0.15, 0.2) is 11.5 Å². The highest BCUT2D eigenvalue weighted by molar-refractivity contribution is 5.47. The van der Waals surface area contributed by atoms with Crippen molar-refractivity contribution in [2.75, 3.05) is 6.61 Å². The number of fused-ring (bicyclic) bond motifs is 1. The van der Waals surface area contributed by atoms with E-state index < -0.39 is 43.6 Å². The lowest BCUT2D eigenvalue weighted by Crippen LogP contribution is -2.60. The zero-order valence-electron chi connectivity index (χ0n) is 18.2. The van der Waals surface area contributed by atoms with Crippen LogP contribution in [0.2, 0.25) is 0 Å². The second kappa shape index (κ2) is 8.69. The summed E-state index contributed by atoms with van der Waals surface area (Å²) in [5, 5.41) is 44.2. The number of rotatable bonds is 6. The lowest BCUT2D eigenvalue weighted by Gasteiger charge is -2.39. The van der Waals surface area contributed by atoms with E-state index in [2.05, 4.69) is 14.6 Å². The molecule has 0 spiro atoms. The van der Waals surface area contributed by atoms with Crippen molar-refractivity contribution in [3.8, 4) is 17.4 Å². The van der Waals surface area contributed by atoms with Crippen LogP contribution in [0, 0.1) is 6.92 Å². The van der Waals surface area contributed by atoms with Gasteiger partial charge in [0.25, 0.3) is 0 Å². The van der Waals surface area contributed by atoms with Crippen LogP contribution in [0.25, 0.3) is 0 Å². The quantitative estimate of drug-likeness (QED) is 0.483. The van der Waals surface area contributed by atoms with E-state index in [1.807, 2.05) is 20.8 Å². The smallest absolute Gasteiger partial charge is 0.443 e. The third kappa shape index (κ3) is 4.49. The van der Waals surface area contributed by atoms with Crippen molar-refractivity contribution in [2.45, 2.75) is 70.2 Å². The van der Waals surface area contributed by atoms with Gasteiger partial charge in [-0.1, -0.05) is 6.07 Å². The topological polar surface area (TPSA) is 136 Å². The van der Waals surface area contributed by atoms with E-state index in [1.54, 1.807) is 10.7 Å². The van der Waals surface area contributed by atoms with Crippen molar-refractivity contribution in [1.29, 1.82) is 0 Å². The van der Waals surface area contributed by atoms with Crippen LogP contribution in [0.3, 0.4) is 0 Å². The third-order valence-electron chi connectivity index (χ3n) is 5.65. The molecular formula is C21H26F2N2O8. The van der Waals surface area contributed by atoms with Crippen LogP contribution in [0.4, 0.5) is 8.78 Å². The molecule has 1 aromatic heterocycles. The largest absolute Gasteiger partial charge is 0.586 e. The standard InChI is InChI=1S/C21H26F2N2O8/c1-9(2)25-10(3)12(6-11-4-5-13-14(7-11)33-21(22,23)32-13)19(24-25)31-20-18(29)17(28)16(27)15(8-26)30-20/h4-5,7,9,15-18,20,26-29H,6,8H2,1-3H3/t15-,16-,17+,18-,20+/m1/s1. The van der Waals surface area contributed by atoms with E-state index in [0.717, 1.165) is 5.69 Å². The van der Waals surface area contributed by atoms with E-state index in [9.17, 15) is 29.2 Å². The van der Waals surface area contributed by atoms with Crippen LogP contribution in [0.15, 0.2) is 18.2 Å². The van der Waals surface area contributed by atoms with Gasteiger partial charge >= 0.3 is 6.29 Å². The maximum atomic E-state index is 13.4. The van der Waals surface area contributed by atoms with Gasteiger partial charge in [0.2, 0.25) is 12.2 Å².